The number of H-pyrrole nitrogens is 1. The average Bonchev–Trinajstić information content (AvgIpc) is 3.01. The number of nitrogens with zero attached hydrogens (tertiary/aromatic N) is 2. The second kappa shape index (κ2) is 10.3. The van der Waals surface area contributed by atoms with Crippen LogP contribution in [-0.2, 0) is 11.3 Å². The van der Waals surface area contributed by atoms with Crippen LogP contribution in [0.5, 0.6) is 0 Å². The Hall–Kier alpha value is -1.57. The van der Waals surface area contributed by atoms with Crippen LogP contribution in [0.4, 0.5) is 5.69 Å². The van der Waals surface area contributed by atoms with E-state index in [1.165, 1.54) is 0 Å². The third kappa shape index (κ3) is 6.21. The molecule has 0 aliphatic carbocycles. The van der Waals surface area contributed by atoms with Gasteiger partial charge in [0.2, 0.25) is 5.91 Å². The predicted molar refractivity (Wildman–Crippen MR) is 97.8 cm³/mol. The SMILES string of the molecule is CSCCCCC(=O)Nc1ccc(-c2n[nH]c(CN)n2)cc1.Cl. The Balaban J connectivity index is 0.00000264. The van der Waals surface area contributed by atoms with E-state index in [0.29, 0.717) is 24.6 Å². The fourth-order valence-electron chi connectivity index (χ4n) is 1.97. The number of benzene rings is 1. The largest absolute Gasteiger partial charge is 0.326 e. The number of carbonyl (C=O) groups is 1. The van der Waals surface area contributed by atoms with Crippen molar-refractivity contribution in [3.8, 4) is 11.4 Å². The van der Waals surface area contributed by atoms with Crippen LogP contribution in [0, 0.1) is 0 Å². The van der Waals surface area contributed by atoms with Gasteiger partial charge in [-0.1, -0.05) is 0 Å². The summed E-state index contributed by atoms with van der Waals surface area (Å²) in [5.41, 5.74) is 7.17. The number of carbonyl (C=O) groups excluding carboxylic acids is 1. The molecular weight excluding hydrogens is 334 g/mol. The van der Waals surface area contributed by atoms with E-state index in [9.17, 15) is 4.79 Å². The Bertz CT molecular complexity index is 602. The number of amides is 1. The number of anilines is 1. The highest BCUT2D eigenvalue weighted by molar-refractivity contribution is 7.98. The van der Waals surface area contributed by atoms with Gasteiger partial charge in [-0.15, -0.1) is 12.4 Å². The van der Waals surface area contributed by atoms with Gasteiger partial charge in [0, 0.05) is 17.7 Å². The molecule has 0 saturated heterocycles. The van der Waals surface area contributed by atoms with Gasteiger partial charge in [0.25, 0.3) is 0 Å². The second-order valence-electron chi connectivity index (χ2n) is 4.89. The summed E-state index contributed by atoms with van der Waals surface area (Å²) in [5, 5.41) is 9.78. The number of nitrogens with one attached hydrogen (secondary N) is 2. The van der Waals surface area contributed by atoms with Gasteiger partial charge in [-0.05, 0) is 49.1 Å². The first-order valence-electron chi connectivity index (χ1n) is 7.23. The van der Waals surface area contributed by atoms with Crippen molar-refractivity contribution in [2.75, 3.05) is 17.3 Å². The first-order chi connectivity index (χ1) is 10.7. The van der Waals surface area contributed by atoms with Gasteiger partial charge in [-0.2, -0.15) is 16.9 Å². The Morgan fingerprint density at radius 3 is 2.65 bits per heavy atom. The number of halogens is 1. The van der Waals surface area contributed by atoms with Crippen molar-refractivity contribution in [2.45, 2.75) is 25.8 Å². The minimum Gasteiger partial charge on any atom is -0.326 e. The van der Waals surface area contributed by atoms with E-state index in [2.05, 4.69) is 26.8 Å². The summed E-state index contributed by atoms with van der Waals surface area (Å²) in [6.07, 6.45) is 4.63. The number of rotatable bonds is 8. The fraction of sp³-hybridized carbons (Fsp3) is 0.400. The molecule has 0 atom stereocenters. The van der Waals surface area contributed by atoms with E-state index in [-0.39, 0.29) is 18.3 Å². The normalized spacial score (nSPS) is 10.2. The molecule has 1 heterocycles. The molecule has 0 aliphatic heterocycles. The van der Waals surface area contributed by atoms with Gasteiger partial charge in [-0.25, -0.2) is 4.98 Å². The van der Waals surface area contributed by atoms with Gasteiger partial charge in [0.1, 0.15) is 5.82 Å². The summed E-state index contributed by atoms with van der Waals surface area (Å²) < 4.78 is 0. The lowest BCUT2D eigenvalue weighted by Gasteiger charge is -2.05. The molecule has 1 amide bonds. The van der Waals surface area contributed by atoms with Gasteiger partial charge in [0.15, 0.2) is 5.82 Å². The van der Waals surface area contributed by atoms with Crippen molar-refractivity contribution < 1.29 is 4.79 Å². The molecule has 0 radical (unpaired) electrons. The van der Waals surface area contributed by atoms with Crippen molar-refractivity contribution in [2.24, 2.45) is 5.73 Å². The fourth-order valence-corrected chi connectivity index (χ4v) is 2.47. The van der Waals surface area contributed by atoms with Gasteiger partial charge >= 0.3 is 0 Å². The van der Waals surface area contributed by atoms with Crippen LogP contribution in [0.1, 0.15) is 25.1 Å². The van der Waals surface area contributed by atoms with E-state index >= 15 is 0 Å². The maximum absolute atomic E-state index is 11.8. The van der Waals surface area contributed by atoms with Crippen LogP contribution in [0.3, 0.4) is 0 Å². The molecule has 4 N–H and O–H groups in total. The maximum Gasteiger partial charge on any atom is 0.224 e. The minimum atomic E-state index is 0. The molecule has 0 spiro atoms. The van der Waals surface area contributed by atoms with Gasteiger partial charge < -0.3 is 11.1 Å². The van der Waals surface area contributed by atoms with E-state index in [0.717, 1.165) is 29.8 Å². The number of aromatic amines is 1. The Morgan fingerprint density at radius 2 is 2.04 bits per heavy atom. The molecule has 0 saturated carbocycles. The molecule has 0 aliphatic rings. The molecule has 126 valence electrons. The van der Waals surface area contributed by atoms with E-state index in [1.54, 1.807) is 11.8 Å². The van der Waals surface area contributed by atoms with Crippen LogP contribution < -0.4 is 11.1 Å². The number of hydrogen-bond donors (Lipinski definition) is 3. The first-order valence-corrected chi connectivity index (χ1v) is 8.63. The average molecular weight is 356 g/mol. The number of unbranched alkanes of at least 4 members (excludes halogenated alkanes) is 1. The minimum absolute atomic E-state index is 0. The van der Waals surface area contributed by atoms with E-state index < -0.39 is 0 Å². The topological polar surface area (TPSA) is 96.7 Å². The van der Waals surface area contributed by atoms with Crippen LogP contribution in [0.2, 0.25) is 0 Å². The molecule has 1 aromatic heterocycles. The predicted octanol–water partition coefficient (Wildman–Crippen LogP) is 2.82. The zero-order chi connectivity index (χ0) is 15.8. The Kier molecular flexibility index (Phi) is 8.68. The number of thioether (sulfide) groups is 1. The number of nitrogens with two attached hydrogens (primary N) is 1. The zero-order valence-electron chi connectivity index (χ0n) is 13.0. The van der Waals surface area contributed by atoms with Crippen molar-refractivity contribution in [3.63, 3.8) is 0 Å². The van der Waals surface area contributed by atoms with Crippen LogP contribution in [0.15, 0.2) is 24.3 Å². The molecule has 23 heavy (non-hydrogen) atoms. The summed E-state index contributed by atoms with van der Waals surface area (Å²) in [6.45, 7) is 0.331. The third-order valence-electron chi connectivity index (χ3n) is 3.15. The standard InChI is InChI=1S/C15H21N5OS.ClH/c1-22-9-3-2-4-14(21)17-12-7-5-11(6-8-12)15-18-13(10-16)19-20-15;/h5-8H,2-4,9-10,16H2,1H3,(H,17,21)(H,18,19,20);1H. The summed E-state index contributed by atoms with van der Waals surface area (Å²) in [6, 6.07) is 7.47. The second-order valence-corrected chi connectivity index (χ2v) is 5.87. The zero-order valence-corrected chi connectivity index (χ0v) is 14.7. The highest BCUT2D eigenvalue weighted by Gasteiger charge is 2.06. The van der Waals surface area contributed by atoms with Gasteiger partial charge in [-0.3, -0.25) is 9.89 Å². The molecular formula is C15H22ClN5OS. The molecule has 1 aromatic carbocycles. The van der Waals surface area contributed by atoms with Crippen LogP contribution in [0.25, 0.3) is 11.4 Å². The molecule has 0 bridgehead atoms. The van der Waals surface area contributed by atoms with Crippen molar-refractivity contribution in [3.05, 3.63) is 30.1 Å². The summed E-state index contributed by atoms with van der Waals surface area (Å²) in [5.74, 6) is 2.41. The number of hydrogen-bond acceptors (Lipinski definition) is 5. The summed E-state index contributed by atoms with van der Waals surface area (Å²) in [4.78, 5) is 16.1. The lowest BCUT2D eigenvalue weighted by atomic mass is 10.2. The summed E-state index contributed by atoms with van der Waals surface area (Å²) in [7, 11) is 0. The smallest absolute Gasteiger partial charge is 0.224 e. The molecule has 2 rings (SSSR count). The monoisotopic (exact) mass is 355 g/mol. The van der Waals surface area contributed by atoms with Gasteiger partial charge in [0.05, 0.1) is 6.54 Å². The molecule has 0 fully saturated rings. The van der Waals surface area contributed by atoms with E-state index in [1.807, 2.05) is 24.3 Å². The van der Waals surface area contributed by atoms with Crippen LogP contribution in [-0.4, -0.2) is 33.1 Å². The quantitative estimate of drug-likeness (QED) is 0.632. The van der Waals surface area contributed by atoms with Crippen LogP contribution >= 0.6 is 24.2 Å². The first kappa shape index (κ1) is 19.5. The molecule has 8 heteroatoms. The lowest BCUT2D eigenvalue weighted by molar-refractivity contribution is -0.116. The van der Waals surface area contributed by atoms with E-state index in [4.69, 9.17) is 5.73 Å². The highest BCUT2D eigenvalue weighted by Crippen LogP contribution is 2.18. The Morgan fingerprint density at radius 1 is 1.30 bits per heavy atom. The van der Waals surface area contributed by atoms with Crippen molar-refractivity contribution >= 4 is 35.8 Å². The Labute approximate surface area is 146 Å². The third-order valence-corrected chi connectivity index (χ3v) is 3.85. The number of aromatic nitrogens is 3. The van der Waals surface area contributed by atoms with Crippen molar-refractivity contribution in [1.29, 1.82) is 0 Å². The summed E-state index contributed by atoms with van der Waals surface area (Å²) >= 11 is 1.81. The van der Waals surface area contributed by atoms with Crippen molar-refractivity contribution in [1.82, 2.24) is 15.2 Å². The lowest BCUT2D eigenvalue weighted by Crippen LogP contribution is -2.11. The molecule has 2 aromatic rings. The molecule has 6 nitrogen and oxygen atoms in total. The molecule has 0 unspecified atom stereocenters. The maximum atomic E-state index is 11.8. The highest BCUT2D eigenvalue weighted by atomic mass is 35.5.